The van der Waals surface area contributed by atoms with Gasteiger partial charge in [0.2, 0.25) is 0 Å². The van der Waals surface area contributed by atoms with E-state index in [9.17, 15) is 0 Å². The highest BCUT2D eigenvalue weighted by Gasteiger charge is 2.03. The summed E-state index contributed by atoms with van der Waals surface area (Å²) in [5, 5.41) is 0. The highest BCUT2D eigenvalue weighted by molar-refractivity contribution is 5.62. The lowest BCUT2D eigenvalue weighted by Crippen LogP contribution is -1.92. The minimum Gasteiger partial charge on any atom is -0.258 e. The van der Waals surface area contributed by atoms with Crippen LogP contribution < -0.4 is 0 Å². The molecule has 0 bridgehead atoms. The van der Waals surface area contributed by atoms with Crippen LogP contribution in [-0.2, 0) is 6.42 Å². The van der Waals surface area contributed by atoms with E-state index in [2.05, 4.69) is 21.9 Å². The summed E-state index contributed by atoms with van der Waals surface area (Å²) < 4.78 is 0. The Morgan fingerprint density at radius 3 is 2.83 bits per heavy atom. The highest BCUT2D eigenvalue weighted by Crippen LogP contribution is 2.19. The Kier molecular flexibility index (Phi) is 2.91. The van der Waals surface area contributed by atoms with Crippen molar-refractivity contribution >= 4 is 11.9 Å². The molecule has 12 heavy (non-hydrogen) atoms. The summed E-state index contributed by atoms with van der Waals surface area (Å²) in [4.78, 5) is 12.5. The number of aliphatic imine (C=N–C) groups is 1. The molecule has 0 aliphatic rings. The monoisotopic (exact) mass is 163 g/mol. The van der Waals surface area contributed by atoms with Gasteiger partial charge in [0.25, 0.3) is 0 Å². The third-order valence-electron chi connectivity index (χ3n) is 1.67. The summed E-state index contributed by atoms with van der Waals surface area (Å²) in [6.45, 7) is 5.91. The Hall–Kier alpha value is -1.25. The largest absolute Gasteiger partial charge is 0.258 e. The van der Waals surface area contributed by atoms with Crippen LogP contribution in [0.1, 0.15) is 25.2 Å². The van der Waals surface area contributed by atoms with E-state index in [-0.39, 0.29) is 0 Å². The van der Waals surface area contributed by atoms with Crippen molar-refractivity contribution in [3.05, 3.63) is 17.7 Å². The van der Waals surface area contributed by atoms with Crippen LogP contribution in [0.3, 0.4) is 0 Å². The number of rotatable bonds is 2. The second-order valence-electron chi connectivity index (χ2n) is 2.50. The minimum absolute atomic E-state index is 0.899. The Bertz CT molecular complexity index is 292. The molecule has 1 aromatic heterocycles. The quantitative estimate of drug-likeness (QED) is 0.626. The molecule has 0 fully saturated rings. The van der Waals surface area contributed by atoms with Crippen LogP contribution in [0.5, 0.6) is 0 Å². The number of nitrogens with zero attached hydrogens (tertiary/aromatic N) is 3. The van der Waals surface area contributed by atoms with Crippen LogP contribution in [0.15, 0.2) is 11.3 Å². The summed E-state index contributed by atoms with van der Waals surface area (Å²) in [5.74, 6) is 0. The standard InChI is InChI=1S/C9H13N3/c1-4-8-9(10-5-2)7(3)11-6-12-8/h5-6H,4H2,1-3H3. The van der Waals surface area contributed by atoms with Gasteiger partial charge in [-0.3, -0.25) is 4.99 Å². The molecule has 64 valence electrons. The first-order valence-electron chi connectivity index (χ1n) is 4.08. The first-order valence-corrected chi connectivity index (χ1v) is 4.08. The van der Waals surface area contributed by atoms with E-state index in [1.165, 1.54) is 0 Å². The maximum atomic E-state index is 4.23. The zero-order chi connectivity index (χ0) is 8.97. The zero-order valence-corrected chi connectivity index (χ0v) is 7.70. The minimum atomic E-state index is 0.899. The van der Waals surface area contributed by atoms with Crippen LogP contribution in [0.25, 0.3) is 0 Å². The Balaban J connectivity index is 3.19. The van der Waals surface area contributed by atoms with Gasteiger partial charge < -0.3 is 0 Å². The van der Waals surface area contributed by atoms with E-state index in [1.807, 2.05) is 13.8 Å². The third-order valence-corrected chi connectivity index (χ3v) is 1.67. The lowest BCUT2D eigenvalue weighted by molar-refractivity contribution is 0.973. The first-order chi connectivity index (χ1) is 5.79. The molecule has 0 aliphatic heterocycles. The SMILES string of the molecule is CC=Nc1c(C)ncnc1CC. The van der Waals surface area contributed by atoms with Crippen molar-refractivity contribution in [2.45, 2.75) is 27.2 Å². The highest BCUT2D eigenvalue weighted by atomic mass is 14.9. The van der Waals surface area contributed by atoms with Crippen LogP contribution in [-0.4, -0.2) is 16.2 Å². The van der Waals surface area contributed by atoms with Crippen LogP contribution in [0.2, 0.25) is 0 Å². The lowest BCUT2D eigenvalue weighted by atomic mass is 10.2. The van der Waals surface area contributed by atoms with Crippen molar-refractivity contribution in [1.29, 1.82) is 0 Å². The molecule has 0 N–H and O–H groups in total. The molecule has 0 saturated heterocycles. The van der Waals surface area contributed by atoms with E-state index < -0.39 is 0 Å². The van der Waals surface area contributed by atoms with Gasteiger partial charge in [-0.15, -0.1) is 0 Å². The molecule has 0 aromatic carbocycles. The van der Waals surface area contributed by atoms with Crippen LogP contribution in [0.4, 0.5) is 5.69 Å². The molecule has 0 spiro atoms. The average Bonchev–Trinajstić information content (AvgIpc) is 2.09. The van der Waals surface area contributed by atoms with Gasteiger partial charge in [-0.2, -0.15) is 0 Å². The van der Waals surface area contributed by atoms with E-state index in [0.29, 0.717) is 0 Å². The molecule has 0 unspecified atom stereocenters. The molecule has 0 atom stereocenters. The lowest BCUT2D eigenvalue weighted by Gasteiger charge is -2.02. The molecule has 1 rings (SSSR count). The molecule has 3 nitrogen and oxygen atoms in total. The summed E-state index contributed by atoms with van der Waals surface area (Å²) in [6, 6.07) is 0. The van der Waals surface area contributed by atoms with Crippen molar-refractivity contribution in [2.75, 3.05) is 0 Å². The van der Waals surface area contributed by atoms with Crippen LogP contribution >= 0.6 is 0 Å². The van der Waals surface area contributed by atoms with E-state index in [0.717, 1.165) is 23.5 Å². The fourth-order valence-electron chi connectivity index (χ4n) is 1.07. The molecule has 1 aromatic rings. The fourth-order valence-corrected chi connectivity index (χ4v) is 1.07. The summed E-state index contributed by atoms with van der Waals surface area (Å²) in [6.07, 6.45) is 4.25. The van der Waals surface area contributed by atoms with Gasteiger partial charge in [0.05, 0.1) is 11.4 Å². The topological polar surface area (TPSA) is 38.1 Å². The molecule has 0 aliphatic carbocycles. The van der Waals surface area contributed by atoms with Gasteiger partial charge in [-0.1, -0.05) is 6.92 Å². The third kappa shape index (κ3) is 1.67. The summed E-state index contributed by atoms with van der Waals surface area (Å²) in [5.41, 5.74) is 2.88. The fraction of sp³-hybridized carbons (Fsp3) is 0.444. The average molecular weight is 163 g/mol. The molecule has 0 saturated carbocycles. The van der Waals surface area contributed by atoms with Gasteiger partial charge in [0.1, 0.15) is 12.0 Å². The maximum absolute atomic E-state index is 4.23. The summed E-state index contributed by atoms with van der Waals surface area (Å²) >= 11 is 0. The van der Waals surface area contributed by atoms with E-state index >= 15 is 0 Å². The van der Waals surface area contributed by atoms with Crippen molar-refractivity contribution in [3.8, 4) is 0 Å². The number of hydrogen-bond acceptors (Lipinski definition) is 3. The smallest absolute Gasteiger partial charge is 0.116 e. The number of aromatic nitrogens is 2. The molecular formula is C9H13N3. The van der Waals surface area contributed by atoms with E-state index in [4.69, 9.17) is 0 Å². The van der Waals surface area contributed by atoms with Gasteiger partial charge in [-0.25, -0.2) is 9.97 Å². The van der Waals surface area contributed by atoms with Gasteiger partial charge in [-0.05, 0) is 20.3 Å². The van der Waals surface area contributed by atoms with Crippen LogP contribution in [0, 0.1) is 6.92 Å². The number of aryl methyl sites for hydroxylation is 2. The van der Waals surface area contributed by atoms with E-state index in [1.54, 1.807) is 12.5 Å². The second kappa shape index (κ2) is 3.95. The van der Waals surface area contributed by atoms with Crippen molar-refractivity contribution in [3.63, 3.8) is 0 Å². The van der Waals surface area contributed by atoms with Gasteiger partial charge in [0, 0.05) is 6.21 Å². The Labute approximate surface area is 72.6 Å². The molecule has 0 amide bonds. The van der Waals surface area contributed by atoms with Gasteiger partial charge >= 0.3 is 0 Å². The number of hydrogen-bond donors (Lipinski definition) is 0. The normalized spacial score (nSPS) is 10.9. The predicted molar refractivity (Wildman–Crippen MR) is 50.0 cm³/mol. The van der Waals surface area contributed by atoms with Gasteiger partial charge in [0.15, 0.2) is 0 Å². The molecular weight excluding hydrogens is 150 g/mol. The molecule has 3 heteroatoms. The molecule has 1 heterocycles. The maximum Gasteiger partial charge on any atom is 0.116 e. The second-order valence-corrected chi connectivity index (χ2v) is 2.50. The van der Waals surface area contributed by atoms with Crippen molar-refractivity contribution in [2.24, 2.45) is 4.99 Å². The Morgan fingerprint density at radius 1 is 1.50 bits per heavy atom. The van der Waals surface area contributed by atoms with Crippen molar-refractivity contribution < 1.29 is 0 Å². The predicted octanol–water partition coefficient (Wildman–Crippen LogP) is 2.07. The summed E-state index contributed by atoms with van der Waals surface area (Å²) in [7, 11) is 0. The molecule has 0 radical (unpaired) electrons. The van der Waals surface area contributed by atoms with Crippen molar-refractivity contribution in [1.82, 2.24) is 9.97 Å². The first kappa shape index (κ1) is 8.84. The Morgan fingerprint density at radius 2 is 2.25 bits per heavy atom. The zero-order valence-electron chi connectivity index (χ0n) is 7.70.